The number of ether oxygens (including phenoxy) is 1. The Labute approximate surface area is 149 Å². The second-order valence-electron chi connectivity index (χ2n) is 5.63. The molecule has 0 spiro atoms. The first-order valence-corrected chi connectivity index (χ1v) is 9.82. The summed E-state index contributed by atoms with van der Waals surface area (Å²) in [6.45, 7) is 0. The van der Waals surface area contributed by atoms with Crippen LogP contribution in [0.1, 0.15) is 32.8 Å². The van der Waals surface area contributed by atoms with Gasteiger partial charge in [0, 0.05) is 9.77 Å². The predicted molar refractivity (Wildman–Crippen MR) is 98.2 cm³/mol. The van der Waals surface area contributed by atoms with Gasteiger partial charge in [0.25, 0.3) is 0 Å². The highest BCUT2D eigenvalue weighted by molar-refractivity contribution is 7.98. The zero-order valence-corrected chi connectivity index (χ0v) is 15.3. The van der Waals surface area contributed by atoms with Gasteiger partial charge in [-0.15, -0.1) is 23.1 Å². The fourth-order valence-electron chi connectivity index (χ4n) is 2.91. The Morgan fingerprint density at radius 3 is 2.67 bits per heavy atom. The monoisotopic (exact) mass is 361 g/mol. The van der Waals surface area contributed by atoms with Crippen LogP contribution < -0.4 is 5.32 Å². The van der Waals surface area contributed by atoms with Crippen molar-refractivity contribution in [2.75, 3.05) is 18.7 Å². The Bertz CT molecular complexity index is 765. The molecule has 0 bridgehead atoms. The van der Waals surface area contributed by atoms with Crippen molar-refractivity contribution >= 4 is 40.0 Å². The maximum Gasteiger partial charge on any atom is 0.341 e. The van der Waals surface area contributed by atoms with Gasteiger partial charge in [-0.1, -0.05) is 12.1 Å². The number of benzene rings is 1. The molecule has 3 rings (SSSR count). The second-order valence-corrected chi connectivity index (χ2v) is 7.61. The van der Waals surface area contributed by atoms with Crippen LogP contribution in [0.2, 0.25) is 0 Å². The van der Waals surface area contributed by atoms with Crippen molar-refractivity contribution in [2.24, 2.45) is 0 Å². The number of aryl methyl sites for hydroxylation is 1. The van der Waals surface area contributed by atoms with E-state index in [1.54, 1.807) is 11.8 Å². The molecule has 0 atom stereocenters. The van der Waals surface area contributed by atoms with Crippen LogP contribution in [0.25, 0.3) is 0 Å². The van der Waals surface area contributed by atoms with Crippen molar-refractivity contribution in [3.05, 3.63) is 45.8 Å². The van der Waals surface area contributed by atoms with Crippen LogP contribution in [-0.2, 0) is 28.8 Å². The van der Waals surface area contributed by atoms with E-state index in [1.165, 1.54) is 28.2 Å². The first kappa shape index (κ1) is 17.0. The molecule has 1 aliphatic carbocycles. The molecule has 0 aliphatic heterocycles. The highest BCUT2D eigenvalue weighted by atomic mass is 32.2. The first-order chi connectivity index (χ1) is 11.6. The molecule has 0 saturated carbocycles. The van der Waals surface area contributed by atoms with Gasteiger partial charge in [0.2, 0.25) is 5.91 Å². The van der Waals surface area contributed by atoms with Gasteiger partial charge in [-0.3, -0.25) is 4.79 Å². The number of thioether (sulfide) groups is 1. The number of hydrogen-bond donors (Lipinski definition) is 1. The predicted octanol–water partition coefficient (Wildman–Crippen LogP) is 3.93. The van der Waals surface area contributed by atoms with E-state index < -0.39 is 0 Å². The molecule has 1 amide bonds. The number of hydrogen-bond acceptors (Lipinski definition) is 5. The maximum absolute atomic E-state index is 12.4. The number of anilines is 1. The average molecular weight is 361 g/mol. The van der Waals surface area contributed by atoms with E-state index in [-0.39, 0.29) is 18.3 Å². The minimum absolute atomic E-state index is 0.114. The Kier molecular flexibility index (Phi) is 5.26. The lowest BCUT2D eigenvalue weighted by Gasteiger charge is -2.07. The summed E-state index contributed by atoms with van der Waals surface area (Å²) in [4.78, 5) is 26.8. The number of carbonyl (C=O) groups excluding carboxylic acids is 2. The quantitative estimate of drug-likeness (QED) is 0.648. The maximum atomic E-state index is 12.4. The second kappa shape index (κ2) is 7.40. The van der Waals surface area contributed by atoms with Crippen LogP contribution in [0.15, 0.2) is 29.2 Å². The fourth-order valence-corrected chi connectivity index (χ4v) is 4.61. The van der Waals surface area contributed by atoms with Gasteiger partial charge in [-0.2, -0.15) is 0 Å². The lowest BCUT2D eigenvalue weighted by Crippen LogP contribution is -2.16. The van der Waals surface area contributed by atoms with Crippen LogP contribution in [0.5, 0.6) is 0 Å². The standard InChI is InChI=1S/C18H19NO3S2/c1-22-18(21)16-13-4-3-5-14(13)24-17(16)19-15(20)10-11-6-8-12(23-2)9-7-11/h6-9H,3-5,10H2,1-2H3,(H,19,20). The smallest absolute Gasteiger partial charge is 0.341 e. The van der Waals surface area contributed by atoms with Crippen LogP contribution in [0.3, 0.4) is 0 Å². The summed E-state index contributed by atoms with van der Waals surface area (Å²) in [7, 11) is 1.38. The third-order valence-electron chi connectivity index (χ3n) is 4.09. The molecule has 24 heavy (non-hydrogen) atoms. The van der Waals surface area contributed by atoms with E-state index in [0.29, 0.717) is 10.6 Å². The van der Waals surface area contributed by atoms with Crippen LogP contribution >= 0.6 is 23.1 Å². The number of esters is 1. The van der Waals surface area contributed by atoms with Gasteiger partial charge in [-0.05, 0) is 48.8 Å². The summed E-state index contributed by atoms with van der Waals surface area (Å²) in [5, 5.41) is 3.53. The molecule has 0 fully saturated rings. The summed E-state index contributed by atoms with van der Waals surface area (Å²) in [5.41, 5.74) is 2.54. The highest BCUT2D eigenvalue weighted by Crippen LogP contribution is 2.39. The number of nitrogens with one attached hydrogen (secondary N) is 1. The minimum atomic E-state index is -0.367. The van der Waals surface area contributed by atoms with Crippen molar-refractivity contribution in [3.8, 4) is 0 Å². The molecule has 4 nitrogen and oxygen atoms in total. The molecule has 6 heteroatoms. The largest absolute Gasteiger partial charge is 0.465 e. The lowest BCUT2D eigenvalue weighted by molar-refractivity contribution is -0.115. The third-order valence-corrected chi connectivity index (χ3v) is 6.04. The van der Waals surface area contributed by atoms with Gasteiger partial charge in [0.1, 0.15) is 5.00 Å². The molecule has 0 unspecified atom stereocenters. The van der Waals surface area contributed by atoms with E-state index in [2.05, 4.69) is 5.32 Å². The summed E-state index contributed by atoms with van der Waals surface area (Å²) < 4.78 is 4.90. The molecule has 1 N–H and O–H groups in total. The number of carbonyl (C=O) groups is 2. The van der Waals surface area contributed by atoms with E-state index in [1.807, 2.05) is 30.5 Å². The molecule has 1 aromatic carbocycles. The van der Waals surface area contributed by atoms with Gasteiger partial charge in [0.05, 0.1) is 19.1 Å². The van der Waals surface area contributed by atoms with Gasteiger partial charge in [-0.25, -0.2) is 4.79 Å². The van der Waals surface area contributed by atoms with E-state index in [0.717, 1.165) is 30.4 Å². The van der Waals surface area contributed by atoms with Crippen LogP contribution in [0.4, 0.5) is 5.00 Å². The van der Waals surface area contributed by atoms with Gasteiger partial charge >= 0.3 is 5.97 Å². The van der Waals surface area contributed by atoms with Crippen molar-refractivity contribution in [2.45, 2.75) is 30.6 Å². The van der Waals surface area contributed by atoms with Crippen molar-refractivity contribution in [1.82, 2.24) is 0 Å². The third kappa shape index (κ3) is 3.49. The normalized spacial score (nSPS) is 12.8. The Morgan fingerprint density at radius 2 is 2.00 bits per heavy atom. The lowest BCUT2D eigenvalue weighted by atomic mass is 10.1. The first-order valence-electron chi connectivity index (χ1n) is 7.78. The summed E-state index contributed by atoms with van der Waals surface area (Å²) in [6, 6.07) is 7.93. The molecule has 126 valence electrons. The molecule has 0 radical (unpaired) electrons. The van der Waals surface area contributed by atoms with E-state index >= 15 is 0 Å². The van der Waals surface area contributed by atoms with Crippen molar-refractivity contribution in [3.63, 3.8) is 0 Å². The summed E-state index contributed by atoms with van der Waals surface area (Å²) >= 11 is 3.17. The Balaban J connectivity index is 1.75. The number of rotatable bonds is 5. The fraction of sp³-hybridized carbons (Fsp3) is 0.333. The topological polar surface area (TPSA) is 55.4 Å². The number of fused-ring (bicyclic) bond motifs is 1. The molecular weight excluding hydrogens is 342 g/mol. The summed E-state index contributed by atoms with van der Waals surface area (Å²) in [6.07, 6.45) is 5.21. The molecular formula is C18H19NO3S2. The van der Waals surface area contributed by atoms with Gasteiger partial charge in [0.15, 0.2) is 0 Å². The van der Waals surface area contributed by atoms with E-state index in [9.17, 15) is 9.59 Å². The SMILES string of the molecule is COC(=O)c1c(NC(=O)Cc2ccc(SC)cc2)sc2c1CCC2. The van der Waals surface area contributed by atoms with E-state index in [4.69, 9.17) is 4.74 Å². The van der Waals surface area contributed by atoms with Crippen molar-refractivity contribution < 1.29 is 14.3 Å². The zero-order valence-electron chi connectivity index (χ0n) is 13.7. The van der Waals surface area contributed by atoms with Crippen LogP contribution in [-0.4, -0.2) is 25.2 Å². The molecule has 2 aromatic rings. The average Bonchev–Trinajstić information content (AvgIpc) is 3.15. The number of amides is 1. The molecule has 0 saturated heterocycles. The van der Waals surface area contributed by atoms with Gasteiger partial charge < -0.3 is 10.1 Å². The molecule has 1 aromatic heterocycles. The number of thiophene rings is 1. The number of methoxy groups -OCH3 is 1. The highest BCUT2D eigenvalue weighted by Gasteiger charge is 2.27. The van der Waals surface area contributed by atoms with Crippen molar-refractivity contribution in [1.29, 1.82) is 0 Å². The Hall–Kier alpha value is -1.79. The summed E-state index contributed by atoms with van der Waals surface area (Å²) in [5.74, 6) is -0.481. The Morgan fingerprint density at radius 1 is 1.25 bits per heavy atom. The minimum Gasteiger partial charge on any atom is -0.465 e. The molecule has 1 aliphatic rings. The zero-order chi connectivity index (χ0) is 17.1. The van der Waals surface area contributed by atoms with Crippen LogP contribution in [0, 0.1) is 0 Å². The molecule has 1 heterocycles.